The summed E-state index contributed by atoms with van der Waals surface area (Å²) < 4.78 is 20.7. The molecule has 0 atom stereocenters. The van der Waals surface area contributed by atoms with E-state index in [1.54, 1.807) is 18.3 Å². The Balaban J connectivity index is 1.83. The third-order valence-electron chi connectivity index (χ3n) is 5.03. The predicted molar refractivity (Wildman–Crippen MR) is 98.7 cm³/mol. The Bertz CT molecular complexity index is 918. The van der Waals surface area contributed by atoms with Crippen LogP contribution in [-0.4, -0.2) is 37.8 Å². The van der Waals surface area contributed by atoms with Crippen molar-refractivity contribution in [2.45, 2.75) is 37.8 Å². The Hall–Kier alpha value is -2.80. The minimum atomic E-state index is -0.287. The highest BCUT2D eigenvalue weighted by molar-refractivity contribution is 5.77. The van der Waals surface area contributed by atoms with Gasteiger partial charge in [-0.1, -0.05) is 0 Å². The van der Waals surface area contributed by atoms with Gasteiger partial charge in [0.25, 0.3) is 0 Å². The lowest BCUT2D eigenvalue weighted by Gasteiger charge is -2.27. The summed E-state index contributed by atoms with van der Waals surface area (Å²) in [7, 11) is 1.53. The summed E-state index contributed by atoms with van der Waals surface area (Å²) in [4.78, 5) is 13.2. The number of rotatable bonds is 4. The molecule has 0 unspecified atom stereocenters. The zero-order chi connectivity index (χ0) is 18.8. The van der Waals surface area contributed by atoms with Crippen LogP contribution in [0.4, 0.5) is 4.39 Å². The lowest BCUT2D eigenvalue weighted by Crippen LogP contribution is -2.21. The molecule has 4 rings (SSSR count). The fourth-order valence-electron chi connectivity index (χ4n) is 3.62. The average molecular weight is 368 g/mol. The number of aliphatic hydroxyl groups excluding tert-OH is 1. The van der Waals surface area contributed by atoms with Crippen molar-refractivity contribution in [2.75, 3.05) is 7.11 Å². The molecular formula is C20H21FN4O2. The van der Waals surface area contributed by atoms with Gasteiger partial charge in [-0.3, -0.25) is 0 Å². The third kappa shape index (κ3) is 3.55. The van der Waals surface area contributed by atoms with Crippen LogP contribution in [-0.2, 0) is 0 Å². The molecular weight excluding hydrogens is 347 g/mol. The zero-order valence-corrected chi connectivity index (χ0v) is 15.0. The van der Waals surface area contributed by atoms with E-state index < -0.39 is 0 Å². The highest BCUT2D eigenvalue weighted by atomic mass is 19.1. The van der Waals surface area contributed by atoms with Crippen molar-refractivity contribution in [3.05, 3.63) is 48.7 Å². The molecule has 3 aromatic rings. The highest BCUT2D eigenvalue weighted by Gasteiger charge is 2.26. The lowest BCUT2D eigenvalue weighted by molar-refractivity contribution is 0.111. The molecule has 7 heteroatoms. The second-order valence-corrected chi connectivity index (χ2v) is 6.75. The van der Waals surface area contributed by atoms with Gasteiger partial charge in [0.05, 0.1) is 36.6 Å². The largest absolute Gasteiger partial charge is 0.467 e. The van der Waals surface area contributed by atoms with Gasteiger partial charge in [0.2, 0.25) is 0 Å². The first-order valence-electron chi connectivity index (χ1n) is 9.04. The van der Waals surface area contributed by atoms with E-state index in [9.17, 15) is 9.50 Å². The molecule has 1 aromatic carbocycles. The van der Waals surface area contributed by atoms with Crippen LogP contribution in [0.1, 0.15) is 31.7 Å². The smallest absolute Gasteiger partial charge is 0.316 e. The maximum absolute atomic E-state index is 13.4. The van der Waals surface area contributed by atoms with Crippen molar-refractivity contribution < 1.29 is 14.2 Å². The molecule has 2 aromatic heterocycles. The number of methoxy groups -OCH3 is 1. The second-order valence-electron chi connectivity index (χ2n) is 6.75. The summed E-state index contributed by atoms with van der Waals surface area (Å²) >= 11 is 0. The van der Waals surface area contributed by atoms with Gasteiger partial charge in [-0.05, 0) is 56.0 Å². The molecule has 1 aliphatic rings. The first-order valence-corrected chi connectivity index (χ1v) is 9.04. The summed E-state index contributed by atoms with van der Waals surface area (Å²) in [5.41, 5.74) is 3.11. The van der Waals surface area contributed by atoms with Crippen LogP contribution < -0.4 is 4.74 Å². The van der Waals surface area contributed by atoms with Gasteiger partial charge >= 0.3 is 6.01 Å². The van der Waals surface area contributed by atoms with E-state index in [4.69, 9.17) is 4.74 Å². The number of benzene rings is 1. The van der Waals surface area contributed by atoms with Crippen LogP contribution in [0, 0.1) is 5.82 Å². The zero-order valence-electron chi connectivity index (χ0n) is 15.0. The van der Waals surface area contributed by atoms with Gasteiger partial charge in [0, 0.05) is 17.8 Å². The molecule has 0 saturated heterocycles. The molecule has 1 fully saturated rings. The van der Waals surface area contributed by atoms with Crippen molar-refractivity contribution >= 4 is 0 Å². The lowest BCUT2D eigenvalue weighted by atomic mass is 9.92. The summed E-state index contributed by atoms with van der Waals surface area (Å²) in [6, 6.07) is 8.62. The minimum absolute atomic E-state index is 0.228. The molecule has 1 N–H and O–H groups in total. The second kappa shape index (κ2) is 7.44. The summed E-state index contributed by atoms with van der Waals surface area (Å²) in [6.45, 7) is 0. The van der Waals surface area contributed by atoms with Crippen LogP contribution >= 0.6 is 0 Å². The van der Waals surface area contributed by atoms with Crippen molar-refractivity contribution in [3.8, 4) is 28.7 Å². The van der Waals surface area contributed by atoms with Crippen molar-refractivity contribution in [3.63, 3.8) is 0 Å². The number of hydrogen-bond donors (Lipinski definition) is 1. The van der Waals surface area contributed by atoms with Crippen molar-refractivity contribution in [1.29, 1.82) is 0 Å². The maximum atomic E-state index is 13.4. The first kappa shape index (κ1) is 17.6. The van der Waals surface area contributed by atoms with Gasteiger partial charge < -0.3 is 14.4 Å². The molecule has 1 saturated carbocycles. The SMILES string of the molecule is COc1nccc(-c2c(-c3ccc(F)cc3)ncn2[C@H]2CC[C@@H](O)CC2)n1. The van der Waals surface area contributed by atoms with E-state index in [-0.39, 0.29) is 24.0 Å². The molecule has 0 aliphatic heterocycles. The van der Waals surface area contributed by atoms with Crippen molar-refractivity contribution in [1.82, 2.24) is 19.5 Å². The van der Waals surface area contributed by atoms with Gasteiger partial charge in [-0.15, -0.1) is 0 Å². The van der Waals surface area contributed by atoms with E-state index in [0.717, 1.165) is 42.6 Å². The van der Waals surface area contributed by atoms with Crippen LogP contribution in [0.5, 0.6) is 6.01 Å². The van der Waals surface area contributed by atoms with Crippen LogP contribution in [0.3, 0.4) is 0 Å². The van der Waals surface area contributed by atoms with Crippen LogP contribution in [0.2, 0.25) is 0 Å². The highest BCUT2D eigenvalue weighted by Crippen LogP contribution is 2.37. The average Bonchev–Trinajstić information content (AvgIpc) is 3.14. The molecule has 6 nitrogen and oxygen atoms in total. The monoisotopic (exact) mass is 368 g/mol. The molecule has 140 valence electrons. The van der Waals surface area contributed by atoms with Crippen LogP contribution in [0.15, 0.2) is 42.9 Å². The first-order chi connectivity index (χ1) is 13.2. The number of aliphatic hydroxyl groups is 1. The fourth-order valence-corrected chi connectivity index (χ4v) is 3.62. The third-order valence-corrected chi connectivity index (χ3v) is 5.03. The molecule has 0 spiro atoms. The topological polar surface area (TPSA) is 73.1 Å². The Morgan fingerprint density at radius 3 is 2.52 bits per heavy atom. The number of hydrogen-bond acceptors (Lipinski definition) is 5. The number of imidazole rings is 1. The van der Waals surface area contributed by atoms with E-state index >= 15 is 0 Å². The quantitative estimate of drug-likeness (QED) is 0.761. The standard InChI is InChI=1S/C20H21FN4O2/c1-27-20-22-11-10-17(24-20)19-18(13-2-4-14(21)5-3-13)23-12-25(19)15-6-8-16(26)9-7-15/h2-5,10-12,15-16,26H,6-9H2,1H3/t15-,16+. The number of ether oxygens (including phenoxy) is 1. The summed E-state index contributed by atoms with van der Waals surface area (Å²) in [6.07, 6.45) is 6.50. The Morgan fingerprint density at radius 1 is 1.07 bits per heavy atom. The van der Waals surface area contributed by atoms with Gasteiger partial charge in [-0.2, -0.15) is 4.98 Å². The number of halogens is 1. The molecule has 1 aliphatic carbocycles. The van der Waals surface area contributed by atoms with E-state index in [1.807, 2.05) is 12.4 Å². The maximum Gasteiger partial charge on any atom is 0.316 e. The normalized spacial score (nSPS) is 19.8. The van der Waals surface area contributed by atoms with Gasteiger partial charge in [0.1, 0.15) is 5.82 Å². The van der Waals surface area contributed by atoms with E-state index in [1.165, 1.54) is 19.2 Å². The van der Waals surface area contributed by atoms with Crippen molar-refractivity contribution in [2.24, 2.45) is 0 Å². The number of aromatic nitrogens is 4. The predicted octanol–water partition coefficient (Wildman–Crippen LogP) is 3.63. The molecule has 0 amide bonds. The summed E-state index contributed by atoms with van der Waals surface area (Å²) in [5, 5.41) is 9.84. The fraction of sp³-hybridized carbons (Fsp3) is 0.350. The van der Waals surface area contributed by atoms with Crippen LogP contribution in [0.25, 0.3) is 22.6 Å². The minimum Gasteiger partial charge on any atom is -0.467 e. The Morgan fingerprint density at radius 2 is 1.81 bits per heavy atom. The van der Waals surface area contributed by atoms with E-state index in [2.05, 4.69) is 19.5 Å². The molecule has 0 radical (unpaired) electrons. The van der Waals surface area contributed by atoms with Gasteiger partial charge in [0.15, 0.2) is 0 Å². The number of nitrogens with zero attached hydrogens (tertiary/aromatic N) is 4. The summed E-state index contributed by atoms with van der Waals surface area (Å²) in [5.74, 6) is -0.287. The molecule has 2 heterocycles. The molecule has 0 bridgehead atoms. The Kier molecular flexibility index (Phi) is 4.85. The Labute approximate surface area is 156 Å². The van der Waals surface area contributed by atoms with Gasteiger partial charge in [-0.25, -0.2) is 14.4 Å². The molecule has 27 heavy (non-hydrogen) atoms. The van der Waals surface area contributed by atoms with E-state index in [0.29, 0.717) is 5.69 Å².